The average molecular weight is 798 g/mol. The molecule has 0 saturated carbocycles. The summed E-state index contributed by atoms with van der Waals surface area (Å²) < 4.78 is 88.0. The quantitative estimate of drug-likeness (QED) is 0.0593. The van der Waals surface area contributed by atoms with Crippen LogP contribution in [0.4, 0.5) is 22.0 Å². The Morgan fingerprint density at radius 3 is 2.04 bits per heavy atom. The maximum atomic E-state index is 15.5. The van der Waals surface area contributed by atoms with Gasteiger partial charge in [-0.2, -0.15) is 13.2 Å². The third-order valence-corrected chi connectivity index (χ3v) is 15.4. The molecule has 7 nitrogen and oxygen atoms in total. The van der Waals surface area contributed by atoms with Crippen LogP contribution in [0.1, 0.15) is 26.3 Å². The number of fused-ring (bicyclic) bond motifs is 1. The van der Waals surface area contributed by atoms with Gasteiger partial charge in [-0.05, 0) is 39.7 Å². The lowest BCUT2D eigenvalue weighted by atomic mass is 9.96. The molecule has 0 unspecified atom stereocenters. The summed E-state index contributed by atoms with van der Waals surface area (Å²) in [5.41, 5.74) is -5.20. The highest BCUT2D eigenvalue weighted by Crippen LogP contribution is 2.47. The van der Waals surface area contributed by atoms with Gasteiger partial charge in [-0.25, -0.2) is 13.6 Å². The number of halogens is 6. The predicted molar refractivity (Wildman–Crippen MR) is 204 cm³/mol. The van der Waals surface area contributed by atoms with Crippen LogP contribution in [0.25, 0.3) is 22.0 Å². The minimum absolute atomic E-state index is 0.0668. The molecule has 1 atom stereocenters. The van der Waals surface area contributed by atoms with Gasteiger partial charge in [0.05, 0.1) is 28.1 Å². The number of aromatic nitrogens is 3. The number of alkyl halides is 3. The van der Waals surface area contributed by atoms with Gasteiger partial charge in [0.2, 0.25) is 0 Å². The van der Waals surface area contributed by atoms with E-state index in [9.17, 15) is 27.2 Å². The number of nitrogens with one attached hydrogen (secondary N) is 2. The standard InChI is InChI=1S/C39H33ClF5N3O4SSi/c1-38(2,3)54(25-10-6-4-7-11-25,26-12-8-5-9-13-26)51-21-24(52-23-14-16-46-17-15-23)22-53-35-33(27-19-30(40)32(42)20-31(27)41)29(39(43,44)45)18-28-34(35)47-37(50)48-36(28)49/h4-20,24H,21-22H2,1-3H3,(H2,47,48,49,50)/t24-/m0/s1. The molecule has 0 radical (unpaired) electrons. The van der Waals surface area contributed by atoms with Crippen LogP contribution in [0, 0.1) is 11.6 Å². The first-order valence-corrected chi connectivity index (χ1v) is 19.9. The van der Waals surface area contributed by atoms with E-state index in [1.54, 1.807) is 12.1 Å². The van der Waals surface area contributed by atoms with Crippen LogP contribution in [-0.2, 0) is 10.6 Å². The van der Waals surface area contributed by atoms with Gasteiger partial charge in [0.1, 0.15) is 23.5 Å². The maximum absolute atomic E-state index is 15.5. The molecule has 54 heavy (non-hydrogen) atoms. The smallest absolute Gasteiger partial charge is 0.417 e. The Kier molecular flexibility index (Phi) is 11.2. The molecule has 6 aromatic rings. The number of aromatic amines is 2. The van der Waals surface area contributed by atoms with Crippen LogP contribution in [-0.4, -0.2) is 41.7 Å². The van der Waals surface area contributed by atoms with E-state index in [0.29, 0.717) is 17.9 Å². The normalized spacial score (nSPS) is 12.9. The maximum Gasteiger partial charge on any atom is 0.417 e. The minimum atomic E-state index is -5.13. The molecule has 0 spiro atoms. The third-order valence-electron chi connectivity index (χ3n) is 8.84. The van der Waals surface area contributed by atoms with Gasteiger partial charge < -0.3 is 14.1 Å². The Morgan fingerprint density at radius 1 is 0.852 bits per heavy atom. The fourth-order valence-electron chi connectivity index (χ4n) is 6.51. The minimum Gasteiger partial charge on any atom is -0.487 e. The molecule has 2 N–H and O–H groups in total. The molecule has 0 saturated heterocycles. The van der Waals surface area contributed by atoms with E-state index in [4.69, 9.17) is 20.8 Å². The van der Waals surface area contributed by atoms with E-state index in [1.165, 1.54) is 12.4 Å². The molecular formula is C39H33ClF5N3O4SSi. The molecule has 0 aliphatic heterocycles. The van der Waals surface area contributed by atoms with Crippen molar-refractivity contribution >= 4 is 53.0 Å². The van der Waals surface area contributed by atoms with Gasteiger partial charge in [0, 0.05) is 40.2 Å². The fourth-order valence-corrected chi connectivity index (χ4v) is 12.4. The van der Waals surface area contributed by atoms with Crippen LogP contribution in [0.15, 0.2) is 118 Å². The summed E-state index contributed by atoms with van der Waals surface area (Å²) in [6, 6.07) is 24.4. The third kappa shape index (κ3) is 7.88. The van der Waals surface area contributed by atoms with Crippen molar-refractivity contribution in [3.05, 3.63) is 146 Å². The second-order valence-corrected chi connectivity index (χ2v) is 19.2. The number of ether oxygens (including phenoxy) is 1. The summed E-state index contributed by atoms with van der Waals surface area (Å²) in [4.78, 5) is 33.6. The van der Waals surface area contributed by atoms with Crippen LogP contribution < -0.4 is 26.4 Å². The first kappa shape index (κ1) is 38.9. The summed E-state index contributed by atoms with van der Waals surface area (Å²) in [5.74, 6) is -2.26. The van der Waals surface area contributed by atoms with E-state index in [-0.39, 0.29) is 22.8 Å². The zero-order chi connectivity index (χ0) is 38.8. The highest BCUT2D eigenvalue weighted by Gasteiger charge is 2.50. The molecule has 280 valence electrons. The van der Waals surface area contributed by atoms with Gasteiger partial charge >= 0.3 is 11.9 Å². The van der Waals surface area contributed by atoms with Gasteiger partial charge in [-0.3, -0.25) is 14.8 Å². The number of hydrogen-bond donors (Lipinski definition) is 2. The van der Waals surface area contributed by atoms with Gasteiger partial charge in [0.15, 0.2) is 0 Å². The average Bonchev–Trinajstić information content (AvgIpc) is 3.12. The summed E-state index contributed by atoms with van der Waals surface area (Å²) in [6.45, 7) is 6.20. The summed E-state index contributed by atoms with van der Waals surface area (Å²) >= 11 is 6.77. The largest absolute Gasteiger partial charge is 0.487 e. The second-order valence-electron chi connectivity index (χ2n) is 13.4. The Balaban J connectivity index is 1.52. The SMILES string of the molecule is CC(C)(C)[Si](OC[C@@H](CSc1c(-c2cc(Cl)c(F)cc2F)c(C(F)(F)F)cc2c(=O)[nH]c(=O)[nH]c12)Oc1ccncc1)(c1ccccc1)c1ccccc1. The molecule has 15 heteroatoms. The molecule has 4 aromatic carbocycles. The van der Waals surface area contributed by atoms with Crippen LogP contribution in [0.3, 0.4) is 0 Å². The topological polar surface area (TPSA) is 97.1 Å². The number of benzene rings is 4. The second kappa shape index (κ2) is 15.5. The lowest BCUT2D eigenvalue weighted by molar-refractivity contribution is -0.137. The number of thioether (sulfide) groups is 1. The van der Waals surface area contributed by atoms with Gasteiger partial charge in [0.25, 0.3) is 13.9 Å². The molecule has 0 aliphatic rings. The van der Waals surface area contributed by atoms with Crippen LogP contribution in [0.2, 0.25) is 10.1 Å². The van der Waals surface area contributed by atoms with Crippen molar-refractivity contribution in [2.45, 2.75) is 43.0 Å². The Labute approximate surface area is 316 Å². The highest BCUT2D eigenvalue weighted by molar-refractivity contribution is 7.99. The van der Waals surface area contributed by atoms with E-state index >= 15 is 4.39 Å². The number of hydrogen-bond acceptors (Lipinski definition) is 6. The molecule has 0 amide bonds. The Morgan fingerprint density at radius 2 is 1.46 bits per heavy atom. The van der Waals surface area contributed by atoms with Crippen molar-refractivity contribution in [2.75, 3.05) is 12.4 Å². The summed E-state index contributed by atoms with van der Waals surface area (Å²) in [6.07, 6.45) is -2.99. The number of H-pyrrole nitrogens is 2. The molecule has 2 aromatic heterocycles. The van der Waals surface area contributed by atoms with Crippen molar-refractivity contribution in [3.63, 3.8) is 0 Å². The van der Waals surface area contributed by atoms with E-state index < -0.39 is 75.6 Å². The highest BCUT2D eigenvalue weighted by atomic mass is 35.5. The summed E-state index contributed by atoms with van der Waals surface area (Å²) in [7, 11) is -3.16. The lowest BCUT2D eigenvalue weighted by Gasteiger charge is -2.43. The van der Waals surface area contributed by atoms with Crippen molar-refractivity contribution in [2.24, 2.45) is 0 Å². The molecule has 0 bridgehead atoms. The predicted octanol–water partition coefficient (Wildman–Crippen LogP) is 8.35. The van der Waals surface area contributed by atoms with Crippen molar-refractivity contribution < 1.29 is 31.1 Å². The zero-order valence-electron chi connectivity index (χ0n) is 29.1. The monoisotopic (exact) mass is 797 g/mol. The van der Waals surface area contributed by atoms with Crippen molar-refractivity contribution in [1.82, 2.24) is 15.0 Å². The zero-order valence-corrected chi connectivity index (χ0v) is 31.6. The molecule has 2 heterocycles. The molecule has 0 fully saturated rings. The van der Waals surface area contributed by atoms with Gasteiger partial charge in [-0.15, -0.1) is 11.8 Å². The van der Waals surface area contributed by atoms with E-state index in [1.807, 2.05) is 65.6 Å². The first-order chi connectivity index (χ1) is 25.6. The van der Waals surface area contributed by atoms with E-state index in [2.05, 4.69) is 30.7 Å². The van der Waals surface area contributed by atoms with Crippen molar-refractivity contribution in [3.8, 4) is 16.9 Å². The van der Waals surface area contributed by atoms with Crippen LogP contribution in [0.5, 0.6) is 5.75 Å². The Bertz CT molecular complexity index is 2350. The fraction of sp³-hybridized carbons (Fsp3) is 0.205. The number of pyridine rings is 1. The molecule has 6 rings (SSSR count). The number of nitrogens with zero attached hydrogens (tertiary/aromatic N) is 1. The van der Waals surface area contributed by atoms with E-state index in [0.717, 1.165) is 28.2 Å². The molecule has 0 aliphatic carbocycles. The summed E-state index contributed by atoms with van der Waals surface area (Å²) in [5, 5.41) is 0.384. The van der Waals surface area contributed by atoms with Gasteiger partial charge in [-0.1, -0.05) is 93.0 Å². The number of rotatable bonds is 11. The van der Waals surface area contributed by atoms with Crippen LogP contribution >= 0.6 is 23.4 Å². The first-order valence-electron chi connectivity index (χ1n) is 16.6. The lowest BCUT2D eigenvalue weighted by Crippen LogP contribution is -2.67. The van der Waals surface area contributed by atoms with Crippen molar-refractivity contribution in [1.29, 1.82) is 0 Å². The Hall–Kier alpha value is -4.76. The molecular weight excluding hydrogens is 765 g/mol.